The van der Waals surface area contributed by atoms with Crippen molar-refractivity contribution in [3.63, 3.8) is 0 Å². The lowest BCUT2D eigenvalue weighted by molar-refractivity contribution is -0.143. The summed E-state index contributed by atoms with van der Waals surface area (Å²) in [5.41, 5.74) is 1.22. The van der Waals surface area contributed by atoms with Crippen molar-refractivity contribution in [2.24, 2.45) is 0 Å². The van der Waals surface area contributed by atoms with Gasteiger partial charge in [0.05, 0.1) is 6.04 Å². The standard InChI is InChI=1S/C16H24N4O/c1-12-16(21)20-11-14(18(2)3)8-15(20)10-19(12)9-13-4-6-17-7-5-13/h4-7,12,14-15H,8-11H2,1-3H3/t12-,14-,15-/m0/s1. The molecule has 5 nitrogen and oxygen atoms in total. The molecule has 1 amide bonds. The van der Waals surface area contributed by atoms with Gasteiger partial charge < -0.3 is 9.80 Å². The van der Waals surface area contributed by atoms with Crippen LogP contribution in [0.2, 0.25) is 0 Å². The van der Waals surface area contributed by atoms with Gasteiger partial charge in [-0.1, -0.05) is 0 Å². The fraction of sp³-hybridized carbons (Fsp3) is 0.625. The Bertz CT molecular complexity index is 504. The van der Waals surface area contributed by atoms with Crippen LogP contribution in [0.3, 0.4) is 0 Å². The Hall–Kier alpha value is -1.46. The van der Waals surface area contributed by atoms with Crippen LogP contribution in [0.5, 0.6) is 0 Å². The van der Waals surface area contributed by atoms with Gasteiger partial charge in [-0.05, 0) is 45.1 Å². The van der Waals surface area contributed by atoms with Gasteiger partial charge in [0.1, 0.15) is 0 Å². The zero-order chi connectivity index (χ0) is 15.0. The van der Waals surface area contributed by atoms with E-state index in [4.69, 9.17) is 0 Å². The summed E-state index contributed by atoms with van der Waals surface area (Å²) in [6, 6.07) is 4.88. The molecular formula is C16H24N4O. The molecular weight excluding hydrogens is 264 g/mol. The Balaban J connectivity index is 1.72. The number of hydrogen-bond donors (Lipinski definition) is 0. The number of pyridine rings is 1. The molecule has 0 saturated carbocycles. The van der Waals surface area contributed by atoms with Gasteiger partial charge >= 0.3 is 0 Å². The van der Waals surface area contributed by atoms with Gasteiger partial charge in [0.2, 0.25) is 5.91 Å². The SMILES string of the molecule is C[C@H]1C(=O)N2C[C@@H](N(C)C)C[C@H]2CN1Cc1ccncc1. The molecule has 1 aromatic rings. The van der Waals surface area contributed by atoms with Crippen LogP contribution in [0.25, 0.3) is 0 Å². The summed E-state index contributed by atoms with van der Waals surface area (Å²) in [6.45, 7) is 4.71. The molecule has 0 bridgehead atoms. The third kappa shape index (κ3) is 2.80. The van der Waals surface area contributed by atoms with E-state index in [9.17, 15) is 4.79 Å². The Kier molecular flexibility index (Phi) is 3.95. The maximum atomic E-state index is 12.6. The highest BCUT2D eigenvalue weighted by Crippen LogP contribution is 2.28. The molecule has 1 aromatic heterocycles. The highest BCUT2D eigenvalue weighted by atomic mass is 16.2. The molecule has 2 saturated heterocycles. The van der Waals surface area contributed by atoms with E-state index in [1.54, 1.807) is 0 Å². The second-order valence-corrected chi connectivity index (χ2v) is 6.46. The average molecular weight is 288 g/mol. The van der Waals surface area contributed by atoms with Crippen molar-refractivity contribution in [3.05, 3.63) is 30.1 Å². The number of likely N-dealkylation sites (N-methyl/N-ethyl adjacent to an activating group) is 1. The fourth-order valence-electron chi connectivity index (χ4n) is 3.46. The lowest BCUT2D eigenvalue weighted by Crippen LogP contribution is -2.58. The Morgan fingerprint density at radius 1 is 1.29 bits per heavy atom. The normalized spacial score (nSPS) is 30.0. The molecule has 2 fully saturated rings. The van der Waals surface area contributed by atoms with Gasteiger partial charge in [-0.25, -0.2) is 0 Å². The molecule has 3 atom stereocenters. The zero-order valence-corrected chi connectivity index (χ0v) is 13.1. The third-order valence-corrected chi connectivity index (χ3v) is 4.89. The highest BCUT2D eigenvalue weighted by molar-refractivity contribution is 5.83. The van der Waals surface area contributed by atoms with E-state index < -0.39 is 0 Å². The Labute approximate surface area is 126 Å². The molecule has 3 rings (SSSR count). The molecule has 114 valence electrons. The van der Waals surface area contributed by atoms with Crippen LogP contribution in [0.15, 0.2) is 24.5 Å². The Morgan fingerprint density at radius 3 is 2.67 bits per heavy atom. The summed E-state index contributed by atoms with van der Waals surface area (Å²) in [7, 11) is 4.21. The van der Waals surface area contributed by atoms with Gasteiger partial charge in [-0.3, -0.25) is 14.7 Å². The number of piperazine rings is 1. The van der Waals surface area contributed by atoms with Crippen molar-refractivity contribution in [2.75, 3.05) is 27.2 Å². The first kappa shape index (κ1) is 14.5. The van der Waals surface area contributed by atoms with Gasteiger partial charge in [-0.2, -0.15) is 0 Å². The summed E-state index contributed by atoms with van der Waals surface area (Å²) in [5, 5.41) is 0. The van der Waals surface area contributed by atoms with Crippen LogP contribution in [-0.4, -0.2) is 70.9 Å². The first-order valence-electron chi connectivity index (χ1n) is 7.66. The highest BCUT2D eigenvalue weighted by Gasteiger charge is 2.43. The predicted molar refractivity (Wildman–Crippen MR) is 81.7 cm³/mol. The molecule has 0 aliphatic carbocycles. The maximum absolute atomic E-state index is 12.6. The number of nitrogens with zero attached hydrogens (tertiary/aromatic N) is 4. The van der Waals surface area contributed by atoms with Crippen molar-refractivity contribution in [2.45, 2.75) is 38.0 Å². The van der Waals surface area contributed by atoms with E-state index in [-0.39, 0.29) is 11.9 Å². The number of rotatable bonds is 3. The predicted octanol–water partition coefficient (Wildman–Crippen LogP) is 0.817. The second-order valence-electron chi connectivity index (χ2n) is 6.46. The van der Waals surface area contributed by atoms with Crippen molar-refractivity contribution in [3.8, 4) is 0 Å². The van der Waals surface area contributed by atoms with E-state index >= 15 is 0 Å². The van der Waals surface area contributed by atoms with E-state index in [0.29, 0.717) is 12.1 Å². The van der Waals surface area contributed by atoms with Crippen LogP contribution < -0.4 is 0 Å². The van der Waals surface area contributed by atoms with Gasteiger partial charge in [-0.15, -0.1) is 0 Å². The molecule has 0 unspecified atom stereocenters. The molecule has 0 aromatic carbocycles. The first-order valence-corrected chi connectivity index (χ1v) is 7.66. The summed E-state index contributed by atoms with van der Waals surface area (Å²) in [4.78, 5) is 23.3. The van der Waals surface area contributed by atoms with Crippen molar-refractivity contribution < 1.29 is 4.79 Å². The van der Waals surface area contributed by atoms with Crippen LogP contribution in [0.4, 0.5) is 0 Å². The average Bonchev–Trinajstić information content (AvgIpc) is 2.90. The first-order chi connectivity index (χ1) is 10.1. The van der Waals surface area contributed by atoms with E-state index in [1.165, 1.54) is 5.56 Å². The quantitative estimate of drug-likeness (QED) is 0.825. The minimum absolute atomic E-state index is 0.0321. The number of hydrogen-bond acceptors (Lipinski definition) is 4. The summed E-state index contributed by atoms with van der Waals surface area (Å²) in [5.74, 6) is 0.282. The molecule has 3 heterocycles. The number of aromatic nitrogens is 1. The molecule has 0 spiro atoms. The number of amides is 1. The summed E-state index contributed by atoms with van der Waals surface area (Å²) in [6.07, 6.45) is 4.71. The maximum Gasteiger partial charge on any atom is 0.240 e. The van der Waals surface area contributed by atoms with E-state index in [0.717, 1.165) is 26.1 Å². The third-order valence-electron chi connectivity index (χ3n) is 4.89. The lowest BCUT2D eigenvalue weighted by Gasteiger charge is -2.41. The topological polar surface area (TPSA) is 39.7 Å². The van der Waals surface area contributed by atoms with Crippen molar-refractivity contribution in [1.82, 2.24) is 19.7 Å². The van der Waals surface area contributed by atoms with Gasteiger partial charge in [0, 0.05) is 44.1 Å². The molecule has 0 radical (unpaired) electrons. The van der Waals surface area contributed by atoms with Crippen molar-refractivity contribution in [1.29, 1.82) is 0 Å². The second kappa shape index (κ2) is 5.73. The fourth-order valence-corrected chi connectivity index (χ4v) is 3.46. The van der Waals surface area contributed by atoms with E-state index in [2.05, 4.69) is 33.8 Å². The Morgan fingerprint density at radius 2 is 2.00 bits per heavy atom. The van der Waals surface area contributed by atoms with Gasteiger partial charge in [0.25, 0.3) is 0 Å². The minimum atomic E-state index is -0.0321. The summed E-state index contributed by atoms with van der Waals surface area (Å²) >= 11 is 0. The van der Waals surface area contributed by atoms with Crippen LogP contribution in [0.1, 0.15) is 18.9 Å². The van der Waals surface area contributed by atoms with Crippen LogP contribution in [-0.2, 0) is 11.3 Å². The van der Waals surface area contributed by atoms with Crippen molar-refractivity contribution >= 4 is 5.91 Å². The summed E-state index contributed by atoms with van der Waals surface area (Å²) < 4.78 is 0. The largest absolute Gasteiger partial charge is 0.335 e. The minimum Gasteiger partial charge on any atom is -0.335 e. The molecule has 0 N–H and O–H groups in total. The van der Waals surface area contributed by atoms with Crippen LogP contribution >= 0.6 is 0 Å². The van der Waals surface area contributed by atoms with Gasteiger partial charge in [0.15, 0.2) is 0 Å². The van der Waals surface area contributed by atoms with E-state index in [1.807, 2.05) is 31.5 Å². The number of carbonyl (C=O) groups is 1. The monoisotopic (exact) mass is 288 g/mol. The van der Waals surface area contributed by atoms with Crippen LogP contribution in [0, 0.1) is 0 Å². The lowest BCUT2D eigenvalue weighted by atomic mass is 10.1. The zero-order valence-electron chi connectivity index (χ0n) is 13.1. The smallest absolute Gasteiger partial charge is 0.240 e. The number of carbonyl (C=O) groups excluding carboxylic acids is 1. The molecule has 5 heteroatoms. The molecule has 21 heavy (non-hydrogen) atoms. The molecule has 2 aliphatic rings. The number of fused-ring (bicyclic) bond motifs is 1. The molecule has 2 aliphatic heterocycles.